The summed E-state index contributed by atoms with van der Waals surface area (Å²) in [6.07, 6.45) is 1.57. The van der Waals surface area contributed by atoms with Gasteiger partial charge in [-0.15, -0.1) is 0 Å². The van der Waals surface area contributed by atoms with Crippen LogP contribution in [-0.2, 0) is 16.0 Å². The van der Waals surface area contributed by atoms with Gasteiger partial charge >= 0.3 is 6.03 Å². The highest BCUT2D eigenvalue weighted by atomic mass is 16.2. The number of urea groups is 1. The third-order valence-corrected chi connectivity index (χ3v) is 4.21. The number of nitrogens with one attached hydrogen (secondary N) is 3. The van der Waals surface area contributed by atoms with Crippen LogP contribution in [-0.4, -0.2) is 24.3 Å². The Morgan fingerprint density at radius 2 is 1.68 bits per heavy atom. The van der Waals surface area contributed by atoms with Crippen LogP contribution in [0.4, 0.5) is 16.2 Å². The van der Waals surface area contributed by atoms with Gasteiger partial charge in [-0.3, -0.25) is 4.79 Å². The highest BCUT2D eigenvalue weighted by Crippen LogP contribution is 2.15. The monoisotopic (exact) mass is 381 g/mol. The Bertz CT molecular complexity index is 816. The van der Waals surface area contributed by atoms with E-state index in [4.69, 9.17) is 0 Å². The number of aryl methyl sites for hydroxylation is 1. The zero-order valence-corrected chi connectivity index (χ0v) is 16.5. The molecule has 2 aromatic rings. The minimum absolute atomic E-state index is 0.179. The summed E-state index contributed by atoms with van der Waals surface area (Å²) >= 11 is 0. The van der Waals surface area contributed by atoms with Gasteiger partial charge in [-0.2, -0.15) is 0 Å². The first kappa shape index (κ1) is 21.2. The number of carbonyl (C=O) groups excluding carboxylic acids is 3. The Morgan fingerprint density at radius 3 is 2.29 bits per heavy atom. The summed E-state index contributed by atoms with van der Waals surface area (Å²) in [6, 6.07) is 13.8. The van der Waals surface area contributed by atoms with Crippen LogP contribution in [0.1, 0.15) is 31.4 Å². The van der Waals surface area contributed by atoms with Gasteiger partial charge in [0.05, 0.1) is 12.5 Å². The van der Waals surface area contributed by atoms with Crippen molar-refractivity contribution >= 4 is 29.6 Å². The van der Waals surface area contributed by atoms with E-state index >= 15 is 0 Å². The summed E-state index contributed by atoms with van der Waals surface area (Å²) in [6.45, 7) is 5.93. The Labute approximate surface area is 165 Å². The van der Waals surface area contributed by atoms with Gasteiger partial charge in [-0.05, 0) is 48.6 Å². The van der Waals surface area contributed by atoms with E-state index in [1.807, 2.05) is 45.0 Å². The van der Waals surface area contributed by atoms with Crippen LogP contribution in [0.5, 0.6) is 0 Å². The van der Waals surface area contributed by atoms with E-state index < -0.39 is 6.04 Å². The minimum atomic E-state index is -0.460. The molecule has 0 aliphatic rings. The summed E-state index contributed by atoms with van der Waals surface area (Å²) in [5, 5.41) is 8.31. The zero-order valence-electron chi connectivity index (χ0n) is 16.5. The number of para-hydroxylation sites is 1. The average Bonchev–Trinajstić information content (AvgIpc) is 2.64. The molecule has 0 saturated heterocycles. The smallest absolute Gasteiger partial charge is 0.323 e. The number of aldehydes is 1. The van der Waals surface area contributed by atoms with Crippen molar-refractivity contribution in [2.24, 2.45) is 5.92 Å². The van der Waals surface area contributed by atoms with E-state index in [0.29, 0.717) is 18.0 Å². The maximum atomic E-state index is 12.1. The quantitative estimate of drug-likeness (QED) is 0.606. The van der Waals surface area contributed by atoms with E-state index in [0.717, 1.165) is 23.1 Å². The molecule has 2 aromatic carbocycles. The third-order valence-electron chi connectivity index (χ3n) is 4.21. The SMILES string of the molecule is Cc1ccccc1NC(=O)Nc1ccc(CC(=O)N[C@H](C=O)CC(C)C)cc1. The number of carbonyl (C=O) groups is 3. The van der Waals surface area contributed by atoms with Gasteiger partial charge in [0.25, 0.3) is 0 Å². The van der Waals surface area contributed by atoms with E-state index in [-0.39, 0.29) is 18.4 Å². The van der Waals surface area contributed by atoms with Crippen molar-refractivity contribution in [1.29, 1.82) is 0 Å². The standard InChI is InChI=1S/C22H27N3O3/c1-15(2)12-19(14-26)23-21(27)13-17-8-10-18(11-9-17)24-22(28)25-20-7-5-4-6-16(20)3/h4-11,14-15,19H,12-13H2,1-3H3,(H,23,27)(H2,24,25,28)/t19-/m0/s1. The lowest BCUT2D eigenvalue weighted by atomic mass is 10.0. The molecule has 28 heavy (non-hydrogen) atoms. The molecule has 3 N–H and O–H groups in total. The molecule has 0 fully saturated rings. The molecule has 0 aromatic heterocycles. The first-order chi connectivity index (χ1) is 13.4. The Morgan fingerprint density at radius 1 is 1.00 bits per heavy atom. The van der Waals surface area contributed by atoms with Gasteiger partial charge in [0.15, 0.2) is 0 Å². The van der Waals surface area contributed by atoms with Crippen LogP contribution in [0.25, 0.3) is 0 Å². The molecule has 0 spiro atoms. The molecule has 0 bridgehead atoms. The van der Waals surface area contributed by atoms with Crippen molar-refractivity contribution in [2.45, 2.75) is 39.7 Å². The largest absolute Gasteiger partial charge is 0.346 e. The van der Waals surface area contributed by atoms with Crippen molar-refractivity contribution in [3.8, 4) is 0 Å². The molecule has 0 aliphatic carbocycles. The number of anilines is 2. The molecule has 0 aliphatic heterocycles. The van der Waals surface area contributed by atoms with Gasteiger partial charge in [0.1, 0.15) is 6.29 Å². The first-order valence-electron chi connectivity index (χ1n) is 9.34. The molecule has 0 saturated carbocycles. The maximum Gasteiger partial charge on any atom is 0.323 e. The van der Waals surface area contributed by atoms with Gasteiger partial charge in [0.2, 0.25) is 5.91 Å². The van der Waals surface area contributed by atoms with Crippen molar-refractivity contribution in [2.75, 3.05) is 10.6 Å². The second-order valence-electron chi connectivity index (χ2n) is 7.21. The molecule has 2 rings (SSSR count). The maximum absolute atomic E-state index is 12.1. The van der Waals surface area contributed by atoms with E-state index in [2.05, 4.69) is 16.0 Å². The molecular weight excluding hydrogens is 354 g/mol. The third kappa shape index (κ3) is 6.87. The fourth-order valence-corrected chi connectivity index (χ4v) is 2.80. The number of rotatable bonds is 8. The highest BCUT2D eigenvalue weighted by molar-refractivity contribution is 6.00. The summed E-state index contributed by atoms with van der Waals surface area (Å²) in [4.78, 5) is 35.3. The summed E-state index contributed by atoms with van der Waals surface area (Å²) in [7, 11) is 0. The van der Waals surface area contributed by atoms with Gasteiger partial charge < -0.3 is 20.7 Å². The normalized spacial score (nSPS) is 11.6. The first-order valence-corrected chi connectivity index (χ1v) is 9.34. The van der Waals surface area contributed by atoms with Crippen molar-refractivity contribution < 1.29 is 14.4 Å². The number of benzene rings is 2. The van der Waals surface area contributed by atoms with Crippen LogP contribution < -0.4 is 16.0 Å². The molecule has 3 amide bonds. The van der Waals surface area contributed by atoms with E-state index in [1.54, 1.807) is 24.3 Å². The van der Waals surface area contributed by atoms with E-state index in [9.17, 15) is 14.4 Å². The lowest BCUT2D eigenvalue weighted by Gasteiger charge is -2.15. The van der Waals surface area contributed by atoms with Gasteiger partial charge in [0, 0.05) is 11.4 Å². The van der Waals surface area contributed by atoms with E-state index in [1.165, 1.54) is 0 Å². The van der Waals surface area contributed by atoms with Crippen molar-refractivity contribution in [1.82, 2.24) is 5.32 Å². The molecule has 0 radical (unpaired) electrons. The summed E-state index contributed by atoms with van der Waals surface area (Å²) < 4.78 is 0. The van der Waals surface area contributed by atoms with Crippen LogP contribution in [0.3, 0.4) is 0 Å². The van der Waals surface area contributed by atoms with Gasteiger partial charge in [-0.1, -0.05) is 44.2 Å². The number of hydrogen-bond acceptors (Lipinski definition) is 3. The topological polar surface area (TPSA) is 87.3 Å². The predicted octanol–water partition coefficient (Wildman–Crippen LogP) is 3.91. The lowest BCUT2D eigenvalue weighted by molar-refractivity contribution is -0.123. The summed E-state index contributed by atoms with van der Waals surface area (Å²) in [5.74, 6) is 0.127. The Kier molecular flexibility index (Phi) is 7.75. The van der Waals surface area contributed by atoms with Crippen LogP contribution in [0.2, 0.25) is 0 Å². The lowest BCUT2D eigenvalue weighted by Crippen LogP contribution is -2.37. The van der Waals surface area contributed by atoms with Crippen molar-refractivity contribution in [3.63, 3.8) is 0 Å². The number of hydrogen-bond donors (Lipinski definition) is 3. The molecule has 0 heterocycles. The molecule has 6 heteroatoms. The van der Waals surface area contributed by atoms with Crippen LogP contribution in [0.15, 0.2) is 48.5 Å². The fourth-order valence-electron chi connectivity index (χ4n) is 2.80. The van der Waals surface area contributed by atoms with Crippen LogP contribution in [0, 0.1) is 12.8 Å². The fraction of sp³-hybridized carbons (Fsp3) is 0.318. The number of amides is 3. The second-order valence-corrected chi connectivity index (χ2v) is 7.21. The predicted molar refractivity (Wildman–Crippen MR) is 111 cm³/mol. The van der Waals surface area contributed by atoms with Crippen molar-refractivity contribution in [3.05, 3.63) is 59.7 Å². The summed E-state index contributed by atoms with van der Waals surface area (Å²) in [5.41, 5.74) is 3.15. The Hall–Kier alpha value is -3.15. The molecule has 1 atom stereocenters. The van der Waals surface area contributed by atoms with Gasteiger partial charge in [-0.25, -0.2) is 4.79 Å². The molecule has 0 unspecified atom stereocenters. The molecule has 148 valence electrons. The van der Waals surface area contributed by atoms with Crippen LogP contribution >= 0.6 is 0 Å². The average molecular weight is 381 g/mol. The second kappa shape index (κ2) is 10.3. The molecular formula is C22H27N3O3. The Balaban J connectivity index is 1.87. The zero-order chi connectivity index (χ0) is 20.5. The minimum Gasteiger partial charge on any atom is -0.346 e. The highest BCUT2D eigenvalue weighted by Gasteiger charge is 2.13. The molecule has 6 nitrogen and oxygen atoms in total.